The highest BCUT2D eigenvalue weighted by atomic mass is 16.4. The fraction of sp³-hybridized carbons (Fsp3) is 0.556. The number of aromatic nitrogens is 2. The molecule has 19 heteroatoms. The van der Waals surface area contributed by atoms with Crippen molar-refractivity contribution >= 4 is 41.5 Å². The number of H-pyrrole nitrogens is 1. The van der Waals surface area contributed by atoms with E-state index in [-0.39, 0.29) is 44.7 Å². The molecule has 3 rings (SSSR count). The lowest BCUT2D eigenvalue weighted by Crippen LogP contribution is -2.62. The number of imidazole rings is 1. The lowest BCUT2D eigenvalue weighted by molar-refractivity contribution is -0.150. The first kappa shape index (κ1) is 43.8. The standard InChI is InChI=1S/C36H55N11O8/c1-4-20(2)28(45-32(51)26(17-23-18-40-19-42-23)43-30(49)24(37)12-8-14-41-36(38)39)33(52)44-25(16-22-10-6-5-7-11-22)31(50)46-29(21(3)48)34(53)47-15-9-13-27(47)35(54)55/h5-7,10-11,18-21,24-29,48H,4,8-9,12-17,37H2,1-3H3,(H,40,42)(H,43,49)(H,44,52)(H,45,51)(H,46,50)(H,54,55)(H4,38,39,41)/t20-,21+,24-,25-,26-,27-,28-,29-/m0/s1. The molecule has 0 unspecified atom stereocenters. The number of aliphatic imine (C=N–C) groups is 1. The van der Waals surface area contributed by atoms with Crippen LogP contribution >= 0.6 is 0 Å². The number of carbonyl (C=O) groups excluding carboxylic acids is 5. The van der Waals surface area contributed by atoms with E-state index in [4.69, 9.17) is 17.2 Å². The lowest BCUT2D eigenvalue weighted by atomic mass is 9.96. The molecule has 5 amide bonds. The van der Waals surface area contributed by atoms with Crippen LogP contribution in [-0.4, -0.2) is 122 Å². The van der Waals surface area contributed by atoms with Crippen LogP contribution in [0.15, 0.2) is 47.8 Å². The van der Waals surface area contributed by atoms with Gasteiger partial charge in [0.25, 0.3) is 0 Å². The molecule has 2 aromatic rings. The summed E-state index contributed by atoms with van der Waals surface area (Å²) in [6.07, 6.45) is 3.21. The van der Waals surface area contributed by atoms with Crippen molar-refractivity contribution in [1.82, 2.24) is 36.1 Å². The van der Waals surface area contributed by atoms with Crippen molar-refractivity contribution in [2.45, 2.75) is 108 Å². The third-order valence-corrected chi connectivity index (χ3v) is 9.49. The normalized spacial score (nSPS) is 17.7. The minimum atomic E-state index is -1.50. The largest absolute Gasteiger partial charge is 0.480 e. The Kier molecular flexibility index (Phi) is 17.0. The Morgan fingerprint density at radius 2 is 1.58 bits per heavy atom. The lowest BCUT2D eigenvalue weighted by Gasteiger charge is -2.31. The molecule has 1 aromatic heterocycles. The zero-order chi connectivity index (χ0) is 40.7. The van der Waals surface area contributed by atoms with Gasteiger partial charge in [-0.05, 0) is 44.1 Å². The van der Waals surface area contributed by atoms with Crippen LogP contribution in [0.2, 0.25) is 0 Å². The smallest absolute Gasteiger partial charge is 0.326 e. The number of aliphatic hydroxyl groups excluding tert-OH is 1. The summed E-state index contributed by atoms with van der Waals surface area (Å²) in [5, 5.41) is 30.9. The van der Waals surface area contributed by atoms with Crippen LogP contribution < -0.4 is 38.5 Å². The summed E-state index contributed by atoms with van der Waals surface area (Å²) in [6, 6.07) is 1.51. The average Bonchev–Trinajstić information content (AvgIpc) is 3.86. The summed E-state index contributed by atoms with van der Waals surface area (Å²) in [5.74, 6) is -5.33. The molecular formula is C36H55N11O8. The quantitative estimate of drug-likeness (QED) is 0.0375. The molecule has 1 saturated heterocycles. The number of aliphatic hydroxyl groups is 1. The number of amides is 5. The van der Waals surface area contributed by atoms with Crippen LogP contribution in [0.4, 0.5) is 0 Å². The molecular weight excluding hydrogens is 714 g/mol. The van der Waals surface area contributed by atoms with Gasteiger partial charge >= 0.3 is 5.97 Å². The molecule has 0 radical (unpaired) electrons. The van der Waals surface area contributed by atoms with Crippen LogP contribution in [0.5, 0.6) is 0 Å². The Bertz CT molecular complexity index is 1620. The molecule has 55 heavy (non-hydrogen) atoms. The number of nitrogens with two attached hydrogens (primary N) is 3. The Hall–Kier alpha value is -5.56. The first-order chi connectivity index (χ1) is 26.1. The molecule has 19 nitrogen and oxygen atoms in total. The number of carboxylic acid groups (broad SMARTS) is 1. The second-order valence-corrected chi connectivity index (χ2v) is 13.8. The Morgan fingerprint density at radius 3 is 2.16 bits per heavy atom. The number of carbonyl (C=O) groups is 6. The first-order valence-corrected chi connectivity index (χ1v) is 18.4. The van der Waals surface area contributed by atoms with E-state index < -0.39 is 83.8 Å². The van der Waals surface area contributed by atoms with Crippen molar-refractivity contribution in [2.75, 3.05) is 13.1 Å². The second-order valence-electron chi connectivity index (χ2n) is 13.8. The van der Waals surface area contributed by atoms with Crippen molar-refractivity contribution in [3.8, 4) is 0 Å². The van der Waals surface area contributed by atoms with Crippen LogP contribution in [-0.2, 0) is 41.6 Å². The number of aliphatic carboxylic acids is 1. The molecule has 13 N–H and O–H groups in total. The highest BCUT2D eigenvalue weighted by Crippen LogP contribution is 2.20. The molecule has 0 bridgehead atoms. The summed E-state index contributed by atoms with van der Waals surface area (Å²) >= 11 is 0. The van der Waals surface area contributed by atoms with Gasteiger partial charge in [-0.25, -0.2) is 9.78 Å². The number of aromatic amines is 1. The third-order valence-electron chi connectivity index (χ3n) is 9.49. The van der Waals surface area contributed by atoms with Crippen LogP contribution in [0, 0.1) is 5.92 Å². The van der Waals surface area contributed by atoms with Gasteiger partial charge in [-0.2, -0.15) is 0 Å². The zero-order valence-electron chi connectivity index (χ0n) is 31.4. The Balaban J connectivity index is 1.84. The number of hydrogen-bond donors (Lipinski definition) is 10. The summed E-state index contributed by atoms with van der Waals surface area (Å²) in [6.45, 7) is 5.26. The van der Waals surface area contributed by atoms with Crippen LogP contribution in [0.25, 0.3) is 0 Å². The molecule has 1 aromatic carbocycles. The van der Waals surface area contributed by atoms with Crippen molar-refractivity contribution in [3.05, 3.63) is 54.1 Å². The monoisotopic (exact) mass is 769 g/mol. The minimum absolute atomic E-state index is 0.0132. The molecule has 2 heterocycles. The number of rotatable bonds is 21. The van der Waals surface area contributed by atoms with Gasteiger partial charge in [0.1, 0.15) is 30.2 Å². The zero-order valence-corrected chi connectivity index (χ0v) is 31.4. The van der Waals surface area contributed by atoms with Gasteiger partial charge in [0.05, 0.1) is 18.5 Å². The predicted molar refractivity (Wildman–Crippen MR) is 202 cm³/mol. The Labute approximate surface area is 319 Å². The summed E-state index contributed by atoms with van der Waals surface area (Å²) < 4.78 is 0. The molecule has 8 atom stereocenters. The predicted octanol–water partition coefficient (Wildman–Crippen LogP) is -1.98. The van der Waals surface area contributed by atoms with Crippen molar-refractivity contribution < 1.29 is 39.0 Å². The number of likely N-dealkylation sites (tertiary alicyclic amines) is 1. The van der Waals surface area contributed by atoms with Gasteiger partial charge in [0, 0.05) is 37.8 Å². The van der Waals surface area contributed by atoms with E-state index >= 15 is 0 Å². The maximum Gasteiger partial charge on any atom is 0.326 e. The van der Waals surface area contributed by atoms with Gasteiger partial charge in [0.15, 0.2) is 5.96 Å². The van der Waals surface area contributed by atoms with E-state index in [0.717, 1.165) is 4.90 Å². The van der Waals surface area contributed by atoms with Crippen molar-refractivity contribution in [3.63, 3.8) is 0 Å². The van der Waals surface area contributed by atoms with Crippen LogP contribution in [0.3, 0.4) is 0 Å². The van der Waals surface area contributed by atoms with E-state index in [1.165, 1.54) is 19.4 Å². The van der Waals surface area contributed by atoms with E-state index in [0.29, 0.717) is 30.5 Å². The number of hydrogen-bond acceptors (Lipinski definition) is 10. The number of nitrogens with one attached hydrogen (secondary N) is 5. The third kappa shape index (κ3) is 13.4. The fourth-order valence-corrected chi connectivity index (χ4v) is 6.14. The second kappa shape index (κ2) is 21.4. The maximum absolute atomic E-state index is 14.1. The number of nitrogens with zero attached hydrogens (tertiary/aromatic N) is 3. The molecule has 0 aliphatic carbocycles. The average molecular weight is 770 g/mol. The molecule has 1 fully saturated rings. The minimum Gasteiger partial charge on any atom is -0.480 e. The van der Waals surface area contributed by atoms with Crippen molar-refractivity contribution in [2.24, 2.45) is 28.1 Å². The Morgan fingerprint density at radius 1 is 0.945 bits per heavy atom. The highest BCUT2D eigenvalue weighted by molar-refractivity contribution is 5.97. The van der Waals surface area contributed by atoms with Gasteiger partial charge in [-0.15, -0.1) is 0 Å². The molecule has 1 aliphatic rings. The van der Waals surface area contributed by atoms with Gasteiger partial charge in [0.2, 0.25) is 29.5 Å². The first-order valence-electron chi connectivity index (χ1n) is 18.4. The molecule has 1 aliphatic heterocycles. The molecule has 302 valence electrons. The topological polar surface area (TPSA) is 313 Å². The van der Waals surface area contributed by atoms with Crippen LogP contribution in [0.1, 0.15) is 64.1 Å². The van der Waals surface area contributed by atoms with E-state index in [9.17, 15) is 39.0 Å². The van der Waals surface area contributed by atoms with E-state index in [1.807, 2.05) is 6.92 Å². The maximum atomic E-state index is 14.1. The molecule has 0 saturated carbocycles. The van der Waals surface area contributed by atoms with E-state index in [1.54, 1.807) is 37.3 Å². The fourth-order valence-electron chi connectivity index (χ4n) is 6.14. The summed E-state index contributed by atoms with van der Waals surface area (Å²) in [4.78, 5) is 92.1. The summed E-state index contributed by atoms with van der Waals surface area (Å²) in [7, 11) is 0. The van der Waals surface area contributed by atoms with Crippen molar-refractivity contribution in [1.29, 1.82) is 0 Å². The highest BCUT2D eigenvalue weighted by Gasteiger charge is 2.40. The van der Waals surface area contributed by atoms with Gasteiger partial charge in [-0.3, -0.25) is 29.0 Å². The molecule has 0 spiro atoms. The van der Waals surface area contributed by atoms with Gasteiger partial charge in [-0.1, -0.05) is 50.6 Å². The number of guanidine groups is 1. The van der Waals surface area contributed by atoms with E-state index in [2.05, 4.69) is 36.2 Å². The number of carboxylic acids is 1. The summed E-state index contributed by atoms with van der Waals surface area (Å²) in [5.41, 5.74) is 18.0. The van der Waals surface area contributed by atoms with Gasteiger partial charge < -0.3 is 58.6 Å². The number of benzene rings is 1. The SMILES string of the molecule is CC[C@H](C)[C@H](NC(=O)[C@H](Cc1cnc[nH]1)NC(=O)[C@@H](N)CCCN=C(N)N)C(=O)N[C@@H](Cc1ccccc1)C(=O)N[C@H](C(=O)N1CCC[C@H]1C(=O)O)[C@@H](C)O.